The van der Waals surface area contributed by atoms with Crippen molar-refractivity contribution in [3.8, 4) is 0 Å². The molecule has 0 bridgehead atoms. The zero-order valence-corrected chi connectivity index (χ0v) is 23.3. The van der Waals surface area contributed by atoms with E-state index in [2.05, 4.69) is 97.6 Å². The van der Waals surface area contributed by atoms with Crippen LogP contribution >= 0.6 is 46.4 Å². The van der Waals surface area contributed by atoms with Crippen molar-refractivity contribution in [3.63, 3.8) is 0 Å². The first-order chi connectivity index (χ1) is 18.0. The van der Waals surface area contributed by atoms with E-state index < -0.39 is 0 Å². The van der Waals surface area contributed by atoms with Crippen molar-refractivity contribution in [2.24, 2.45) is 0 Å². The Kier molecular flexibility index (Phi) is 7.87. The lowest BCUT2D eigenvalue weighted by Crippen LogP contribution is -2.41. The Balaban J connectivity index is 1.26. The van der Waals surface area contributed by atoms with Gasteiger partial charge < -0.3 is 10.6 Å². The third-order valence-electron chi connectivity index (χ3n) is 6.15. The molecular formula is C28H23ClIN5OS. The van der Waals surface area contributed by atoms with E-state index in [0.29, 0.717) is 22.2 Å². The van der Waals surface area contributed by atoms with Crippen LogP contribution in [-0.2, 0) is 12.8 Å². The number of carbonyl (C=O) groups excluding carboxylic acids is 1. The maximum atomic E-state index is 12.6. The summed E-state index contributed by atoms with van der Waals surface area (Å²) >= 11 is 14.2. The van der Waals surface area contributed by atoms with Gasteiger partial charge in [0, 0.05) is 15.5 Å². The molecule has 0 saturated heterocycles. The molecule has 4 N–H and O–H groups in total. The molecule has 0 radical (unpaired) electrons. The standard InChI is InChI=1S/C28H23ClIN5OS/c29-24-14-19(27(36)32-21-9-5-8-20(30)15-21)16-31-26(24)34-35-28(37)33-25-22-10-3-1-6-17(22)12-13-18-7-2-4-11-23(18)25/h1-11,14-16,25H,12-13H2,(H,31,34)(H,32,36)(H2,33,35,37). The molecule has 186 valence electrons. The molecule has 6 nitrogen and oxygen atoms in total. The molecule has 3 aromatic carbocycles. The third-order valence-corrected chi connectivity index (χ3v) is 7.33. The monoisotopic (exact) mass is 639 g/mol. The van der Waals surface area contributed by atoms with Crippen LogP contribution in [0.3, 0.4) is 0 Å². The molecular weight excluding hydrogens is 617 g/mol. The molecule has 4 aromatic rings. The quantitative estimate of drug-likeness (QED) is 0.117. The van der Waals surface area contributed by atoms with Crippen molar-refractivity contribution in [1.82, 2.24) is 15.7 Å². The van der Waals surface area contributed by atoms with E-state index in [-0.39, 0.29) is 17.0 Å². The number of nitrogens with one attached hydrogen (secondary N) is 4. The third kappa shape index (κ3) is 6.03. The predicted molar refractivity (Wildman–Crippen MR) is 161 cm³/mol. The molecule has 9 heteroatoms. The van der Waals surface area contributed by atoms with Gasteiger partial charge in [-0.05, 0) is 94.2 Å². The Morgan fingerprint density at radius 1 is 0.946 bits per heavy atom. The Hall–Kier alpha value is -3.21. The molecule has 0 unspecified atom stereocenters. The number of amides is 1. The molecule has 1 aromatic heterocycles. The van der Waals surface area contributed by atoms with Crippen molar-refractivity contribution in [3.05, 3.63) is 121 Å². The number of aromatic nitrogens is 1. The van der Waals surface area contributed by atoms with Crippen LogP contribution in [0.2, 0.25) is 5.02 Å². The van der Waals surface area contributed by atoms with Gasteiger partial charge in [-0.25, -0.2) is 4.98 Å². The lowest BCUT2D eigenvalue weighted by Gasteiger charge is -2.24. The number of anilines is 2. The number of halogens is 2. The van der Waals surface area contributed by atoms with Gasteiger partial charge in [0.05, 0.1) is 16.6 Å². The minimum absolute atomic E-state index is 0.0905. The summed E-state index contributed by atoms with van der Waals surface area (Å²) in [4.78, 5) is 16.9. The molecule has 0 spiro atoms. The van der Waals surface area contributed by atoms with Crippen molar-refractivity contribution in [1.29, 1.82) is 0 Å². The van der Waals surface area contributed by atoms with Crippen LogP contribution in [0.25, 0.3) is 0 Å². The number of benzene rings is 3. The van der Waals surface area contributed by atoms with Crippen LogP contribution < -0.4 is 21.5 Å². The number of carbonyl (C=O) groups is 1. The molecule has 5 rings (SSSR count). The molecule has 0 aliphatic heterocycles. The second-order valence-corrected chi connectivity index (χ2v) is 10.6. The van der Waals surface area contributed by atoms with E-state index in [9.17, 15) is 4.79 Å². The fraction of sp³-hybridized carbons (Fsp3) is 0.107. The van der Waals surface area contributed by atoms with Gasteiger partial charge in [0.15, 0.2) is 10.9 Å². The van der Waals surface area contributed by atoms with Gasteiger partial charge >= 0.3 is 0 Å². The average Bonchev–Trinajstić information content (AvgIpc) is 3.05. The summed E-state index contributed by atoms with van der Waals surface area (Å²) in [5.74, 6) is 0.0667. The van der Waals surface area contributed by atoms with Crippen LogP contribution in [0.1, 0.15) is 38.7 Å². The van der Waals surface area contributed by atoms with Crippen molar-refractivity contribution in [2.45, 2.75) is 18.9 Å². The molecule has 0 atom stereocenters. The second kappa shape index (κ2) is 11.5. The maximum absolute atomic E-state index is 12.6. The number of nitrogens with zero attached hydrogens (tertiary/aromatic N) is 1. The Labute approximate surface area is 239 Å². The molecule has 1 aliphatic rings. The zero-order valence-electron chi connectivity index (χ0n) is 19.6. The lowest BCUT2D eigenvalue weighted by molar-refractivity contribution is 0.102. The van der Waals surface area contributed by atoms with E-state index in [1.54, 1.807) is 6.07 Å². The van der Waals surface area contributed by atoms with Gasteiger partial charge in [-0.15, -0.1) is 0 Å². The highest BCUT2D eigenvalue weighted by atomic mass is 127. The minimum Gasteiger partial charge on any atom is -0.350 e. The summed E-state index contributed by atoms with van der Waals surface area (Å²) < 4.78 is 1.03. The van der Waals surface area contributed by atoms with Crippen LogP contribution in [0.15, 0.2) is 85.1 Å². The summed E-state index contributed by atoms with van der Waals surface area (Å²) in [7, 11) is 0. The second-order valence-electron chi connectivity index (χ2n) is 8.57. The molecule has 1 heterocycles. The number of hydrogen-bond donors (Lipinski definition) is 4. The number of pyridine rings is 1. The van der Waals surface area contributed by atoms with Gasteiger partial charge in [-0.3, -0.25) is 15.6 Å². The summed E-state index contributed by atoms with van der Waals surface area (Å²) in [6, 6.07) is 25.9. The van der Waals surface area contributed by atoms with Crippen LogP contribution in [0.5, 0.6) is 0 Å². The highest BCUT2D eigenvalue weighted by Gasteiger charge is 2.24. The normalized spacial score (nSPS) is 12.5. The first-order valence-corrected chi connectivity index (χ1v) is 13.5. The number of hydrazine groups is 1. The van der Waals surface area contributed by atoms with Gasteiger partial charge in [0.1, 0.15) is 0 Å². The molecule has 37 heavy (non-hydrogen) atoms. The van der Waals surface area contributed by atoms with Gasteiger partial charge in [0.25, 0.3) is 5.91 Å². The minimum atomic E-state index is -0.293. The molecule has 0 saturated carbocycles. The summed E-state index contributed by atoms with van der Waals surface area (Å²) in [6.07, 6.45) is 3.42. The van der Waals surface area contributed by atoms with Gasteiger partial charge in [0.2, 0.25) is 0 Å². The predicted octanol–water partition coefficient (Wildman–Crippen LogP) is 6.27. The van der Waals surface area contributed by atoms with E-state index in [1.807, 2.05) is 24.3 Å². The number of fused-ring (bicyclic) bond motifs is 2. The molecule has 1 amide bonds. The lowest BCUT2D eigenvalue weighted by atomic mass is 9.95. The smallest absolute Gasteiger partial charge is 0.257 e. The SMILES string of the molecule is O=C(Nc1cccc(I)c1)c1cnc(NNC(=S)NC2c3ccccc3CCc3ccccc32)c(Cl)c1. The van der Waals surface area contributed by atoms with E-state index in [0.717, 1.165) is 16.4 Å². The van der Waals surface area contributed by atoms with Crippen LogP contribution in [-0.4, -0.2) is 16.0 Å². The number of thiocarbonyl (C=S) groups is 1. The highest BCUT2D eigenvalue weighted by molar-refractivity contribution is 14.1. The molecule has 0 fully saturated rings. The Morgan fingerprint density at radius 2 is 1.62 bits per heavy atom. The van der Waals surface area contributed by atoms with Crippen molar-refractivity contribution >= 4 is 68.9 Å². The molecule has 1 aliphatic carbocycles. The van der Waals surface area contributed by atoms with E-state index >= 15 is 0 Å². The first-order valence-electron chi connectivity index (χ1n) is 11.7. The average molecular weight is 640 g/mol. The first kappa shape index (κ1) is 25.4. The van der Waals surface area contributed by atoms with E-state index in [1.165, 1.54) is 28.5 Å². The number of rotatable bonds is 5. The summed E-state index contributed by atoms with van der Waals surface area (Å²) in [5.41, 5.74) is 12.0. The number of aryl methyl sites for hydroxylation is 2. The Morgan fingerprint density at radius 3 is 2.27 bits per heavy atom. The maximum Gasteiger partial charge on any atom is 0.257 e. The van der Waals surface area contributed by atoms with Crippen LogP contribution in [0.4, 0.5) is 11.5 Å². The highest BCUT2D eigenvalue weighted by Crippen LogP contribution is 2.32. The fourth-order valence-corrected chi connectivity index (χ4v) is 5.31. The van der Waals surface area contributed by atoms with E-state index in [4.69, 9.17) is 23.8 Å². The van der Waals surface area contributed by atoms with Crippen molar-refractivity contribution < 1.29 is 4.79 Å². The van der Waals surface area contributed by atoms with Gasteiger partial charge in [-0.2, -0.15) is 0 Å². The number of hydrogen-bond acceptors (Lipinski definition) is 4. The van der Waals surface area contributed by atoms with Gasteiger partial charge in [-0.1, -0.05) is 66.2 Å². The fourth-order valence-electron chi connectivity index (χ4n) is 4.39. The summed E-state index contributed by atoms with van der Waals surface area (Å²) in [6.45, 7) is 0. The summed E-state index contributed by atoms with van der Waals surface area (Å²) in [5, 5.41) is 6.98. The largest absolute Gasteiger partial charge is 0.350 e. The Bertz CT molecular complexity index is 1430. The topological polar surface area (TPSA) is 78.1 Å². The van der Waals surface area contributed by atoms with Crippen molar-refractivity contribution in [2.75, 3.05) is 10.7 Å². The van der Waals surface area contributed by atoms with Crippen LogP contribution in [0, 0.1) is 3.57 Å². The zero-order chi connectivity index (χ0) is 25.8.